The van der Waals surface area contributed by atoms with E-state index in [0.717, 1.165) is 6.07 Å². The second-order valence-corrected chi connectivity index (χ2v) is 12.1. The number of amides is 1. The van der Waals surface area contributed by atoms with E-state index in [1.807, 2.05) is 0 Å². The van der Waals surface area contributed by atoms with E-state index in [1.165, 1.54) is 19.1 Å². The Morgan fingerprint density at radius 2 is 1.64 bits per heavy atom. The third-order valence-electron chi connectivity index (χ3n) is 7.38. The molecule has 4 N–H and O–H groups in total. The Bertz CT molecular complexity index is 1270. The summed E-state index contributed by atoms with van der Waals surface area (Å²) in [4.78, 5) is 12.3. The number of hydrogen-bond donors (Lipinski definition) is 4. The number of carbonyl (C=O) groups is 1. The first-order valence-corrected chi connectivity index (χ1v) is 13.3. The van der Waals surface area contributed by atoms with Crippen molar-refractivity contribution in [3.63, 3.8) is 0 Å². The largest absolute Gasteiger partial charge is 0.391 e. The number of carbonyl (C=O) groups excluding carboxylic acids is 1. The van der Waals surface area contributed by atoms with Crippen molar-refractivity contribution in [3.8, 4) is 0 Å². The summed E-state index contributed by atoms with van der Waals surface area (Å²) in [5.41, 5.74) is -2.13. The van der Waals surface area contributed by atoms with Crippen molar-refractivity contribution in [2.24, 2.45) is 11.8 Å². The summed E-state index contributed by atoms with van der Waals surface area (Å²) in [6.45, 7) is 1.36. The highest BCUT2D eigenvalue weighted by Crippen LogP contribution is 2.54. The molecule has 2 aromatic carbocycles. The first-order valence-electron chi connectivity index (χ1n) is 11.3. The maximum atomic E-state index is 13.6. The van der Waals surface area contributed by atoms with Crippen LogP contribution in [0.5, 0.6) is 0 Å². The van der Waals surface area contributed by atoms with Gasteiger partial charge < -0.3 is 20.6 Å². The fraction of sp³-hybridized carbons (Fsp3) is 0.458. The maximum absolute atomic E-state index is 13.6. The Labute approximate surface area is 210 Å². The third-order valence-corrected chi connectivity index (χ3v) is 10.0. The fourth-order valence-electron chi connectivity index (χ4n) is 5.54. The Hall–Kier alpha value is -2.18. The zero-order chi connectivity index (χ0) is 26.6. The van der Waals surface area contributed by atoms with Gasteiger partial charge in [0.2, 0.25) is 0 Å². The van der Waals surface area contributed by atoms with E-state index in [9.17, 15) is 41.7 Å². The molecule has 6 atom stereocenters. The van der Waals surface area contributed by atoms with Crippen molar-refractivity contribution >= 4 is 33.0 Å². The van der Waals surface area contributed by atoms with E-state index >= 15 is 0 Å². The molecule has 12 heteroatoms. The van der Waals surface area contributed by atoms with E-state index in [0.29, 0.717) is 25.0 Å². The van der Waals surface area contributed by atoms with Crippen LogP contribution in [0.4, 0.5) is 18.9 Å². The number of nitrogens with one attached hydrogen (secondary N) is 1. The van der Waals surface area contributed by atoms with Gasteiger partial charge in [-0.1, -0.05) is 11.6 Å². The number of anilines is 1. The quantitative estimate of drug-likeness (QED) is 0.411. The average Bonchev–Trinajstić information content (AvgIpc) is 2.98. The van der Waals surface area contributed by atoms with Crippen LogP contribution in [0.1, 0.15) is 43.0 Å². The third kappa shape index (κ3) is 4.51. The molecule has 0 saturated heterocycles. The highest BCUT2D eigenvalue weighted by Gasteiger charge is 2.59. The number of benzene rings is 2. The van der Waals surface area contributed by atoms with Crippen LogP contribution in [0.3, 0.4) is 0 Å². The Morgan fingerprint density at radius 3 is 2.17 bits per heavy atom. The van der Waals surface area contributed by atoms with Crippen LogP contribution >= 0.6 is 11.6 Å². The first kappa shape index (κ1) is 26.9. The van der Waals surface area contributed by atoms with Crippen molar-refractivity contribution < 1.29 is 41.7 Å². The molecule has 4 rings (SSSR count). The molecule has 36 heavy (non-hydrogen) atoms. The van der Waals surface area contributed by atoms with Crippen molar-refractivity contribution in [1.82, 2.24) is 0 Å². The molecule has 2 aliphatic rings. The van der Waals surface area contributed by atoms with Crippen LogP contribution < -0.4 is 5.32 Å². The molecule has 0 radical (unpaired) electrons. The van der Waals surface area contributed by atoms with Gasteiger partial charge in [0.1, 0.15) is 6.10 Å². The average molecular weight is 548 g/mol. The zero-order valence-electron chi connectivity index (χ0n) is 19.1. The van der Waals surface area contributed by atoms with Gasteiger partial charge in [0.05, 0.1) is 26.9 Å². The minimum Gasteiger partial charge on any atom is -0.391 e. The van der Waals surface area contributed by atoms with Crippen molar-refractivity contribution in [3.05, 3.63) is 58.4 Å². The van der Waals surface area contributed by atoms with Gasteiger partial charge in [-0.3, -0.25) is 4.79 Å². The number of aliphatic hydroxyl groups is 3. The lowest BCUT2D eigenvalue weighted by atomic mass is 9.70. The van der Waals surface area contributed by atoms with Crippen molar-refractivity contribution in [2.75, 3.05) is 5.32 Å². The smallest absolute Gasteiger partial charge is 0.255 e. The number of fused-ring (bicyclic) bond motifs is 2. The lowest BCUT2D eigenvalue weighted by Crippen LogP contribution is -2.58. The summed E-state index contributed by atoms with van der Waals surface area (Å²) < 4.78 is 67.2. The van der Waals surface area contributed by atoms with Gasteiger partial charge in [-0.15, -0.1) is 0 Å². The van der Waals surface area contributed by atoms with Crippen LogP contribution in [0, 0.1) is 29.3 Å². The van der Waals surface area contributed by atoms with Crippen LogP contribution in [0.25, 0.3) is 0 Å². The molecule has 7 nitrogen and oxygen atoms in total. The summed E-state index contributed by atoms with van der Waals surface area (Å²) in [5.74, 6) is -6.72. The molecule has 0 aromatic heterocycles. The number of hydrogen-bond acceptors (Lipinski definition) is 6. The van der Waals surface area contributed by atoms with E-state index in [1.54, 1.807) is 0 Å². The van der Waals surface area contributed by atoms with Crippen LogP contribution in [0.15, 0.2) is 35.2 Å². The van der Waals surface area contributed by atoms with Crippen molar-refractivity contribution in [1.29, 1.82) is 0 Å². The monoisotopic (exact) mass is 547 g/mol. The summed E-state index contributed by atoms with van der Waals surface area (Å²) in [6, 6.07) is 4.67. The second kappa shape index (κ2) is 9.60. The van der Waals surface area contributed by atoms with Gasteiger partial charge in [-0.2, -0.15) is 0 Å². The lowest BCUT2D eigenvalue weighted by Gasteiger charge is -2.46. The van der Waals surface area contributed by atoms with E-state index in [-0.39, 0.29) is 34.0 Å². The molecule has 2 bridgehead atoms. The summed E-state index contributed by atoms with van der Waals surface area (Å²) in [6.07, 6.45) is -1.59. The second-order valence-electron chi connectivity index (χ2n) is 9.54. The van der Waals surface area contributed by atoms with Crippen LogP contribution in [-0.4, -0.2) is 52.7 Å². The molecule has 1 amide bonds. The molecule has 196 valence electrons. The summed E-state index contributed by atoms with van der Waals surface area (Å²) >= 11 is 6.19. The Morgan fingerprint density at radius 1 is 1.08 bits per heavy atom. The number of rotatable bonds is 6. The molecule has 2 fully saturated rings. The molecule has 2 saturated carbocycles. The number of sulfone groups is 1. The zero-order valence-corrected chi connectivity index (χ0v) is 20.7. The normalized spacial score (nSPS) is 27.5. The summed E-state index contributed by atoms with van der Waals surface area (Å²) in [7, 11) is -4.10. The van der Waals surface area contributed by atoms with Gasteiger partial charge in [-0.25, -0.2) is 21.6 Å². The predicted molar refractivity (Wildman–Crippen MR) is 125 cm³/mol. The Balaban J connectivity index is 1.59. The SMILES string of the molecule is C[C@@H](O)[C@H](O)C1(O)C2CC[C@H]1CC(S(=O)(=O)c1cc(C(=O)Nc3cc(F)c(F)c(F)c3)ccc1Cl)C2. The van der Waals surface area contributed by atoms with Gasteiger partial charge in [0.15, 0.2) is 27.3 Å². The van der Waals surface area contributed by atoms with E-state index in [2.05, 4.69) is 5.32 Å². The fourth-order valence-corrected chi connectivity index (χ4v) is 7.94. The molecule has 2 aliphatic carbocycles. The predicted octanol–water partition coefficient (Wildman–Crippen LogP) is 3.44. The molecular formula is C24H25ClF3NO6S. The molecular weight excluding hydrogens is 523 g/mol. The van der Waals surface area contributed by atoms with Gasteiger partial charge in [0.25, 0.3) is 5.91 Å². The van der Waals surface area contributed by atoms with Crippen molar-refractivity contribution in [2.45, 2.75) is 60.6 Å². The van der Waals surface area contributed by atoms with Gasteiger partial charge >= 0.3 is 0 Å². The van der Waals surface area contributed by atoms with E-state index < -0.39 is 68.1 Å². The molecule has 0 spiro atoms. The van der Waals surface area contributed by atoms with Gasteiger partial charge in [-0.05, 0) is 62.6 Å². The number of aliphatic hydroxyl groups excluding tert-OH is 2. The van der Waals surface area contributed by atoms with Crippen LogP contribution in [0.2, 0.25) is 5.02 Å². The molecule has 0 heterocycles. The molecule has 2 aromatic rings. The molecule has 0 aliphatic heterocycles. The highest BCUT2D eigenvalue weighted by atomic mass is 35.5. The maximum Gasteiger partial charge on any atom is 0.255 e. The minimum absolute atomic E-state index is 0.0278. The summed E-state index contributed by atoms with van der Waals surface area (Å²) in [5, 5.41) is 32.5. The highest BCUT2D eigenvalue weighted by molar-refractivity contribution is 7.92. The number of halogens is 4. The van der Waals surface area contributed by atoms with E-state index in [4.69, 9.17) is 11.6 Å². The molecule has 3 unspecified atom stereocenters. The topological polar surface area (TPSA) is 124 Å². The van der Waals surface area contributed by atoms with Gasteiger partial charge in [0, 0.05) is 23.4 Å². The lowest BCUT2D eigenvalue weighted by molar-refractivity contribution is -0.172. The standard InChI is InChI=1S/C24H25ClF3NO6S/c1-11(30)22(31)24(33)13-3-4-14(24)8-16(7-13)36(34,35)20-6-12(2-5-17(20)25)23(32)29-15-9-18(26)21(28)19(27)10-15/h2,5-6,9-11,13-14,16,22,30-31,33H,3-4,7-8H2,1H3,(H,29,32)/t11-,13+,14?,16?,22+,24?/m1/s1. The Kier molecular flexibility index (Phi) is 7.17. The van der Waals surface area contributed by atoms with Crippen LogP contribution in [-0.2, 0) is 9.84 Å². The first-order chi connectivity index (χ1) is 16.8. The minimum atomic E-state index is -4.10.